The van der Waals surface area contributed by atoms with Crippen molar-refractivity contribution < 1.29 is 5.11 Å². The van der Waals surface area contributed by atoms with E-state index in [2.05, 4.69) is 24.0 Å². The molecule has 2 aromatic rings. The molecule has 1 atom stereocenters. The van der Waals surface area contributed by atoms with Crippen LogP contribution in [0.25, 0.3) is 0 Å². The molecule has 0 heterocycles. The van der Waals surface area contributed by atoms with Gasteiger partial charge in [0, 0.05) is 5.56 Å². The van der Waals surface area contributed by atoms with E-state index < -0.39 is 6.10 Å². The molecule has 18 heavy (non-hydrogen) atoms. The Morgan fingerprint density at radius 1 is 0.889 bits per heavy atom. The van der Waals surface area contributed by atoms with E-state index >= 15 is 0 Å². The van der Waals surface area contributed by atoms with Gasteiger partial charge in [-0.05, 0) is 30.5 Å². The van der Waals surface area contributed by atoms with Gasteiger partial charge in [0.2, 0.25) is 0 Å². The number of benzene rings is 2. The lowest BCUT2D eigenvalue weighted by Gasteiger charge is -2.03. The number of hydrogen-bond acceptors (Lipinski definition) is 1. The fourth-order valence-corrected chi connectivity index (χ4v) is 1.71. The Morgan fingerprint density at radius 3 is 2.17 bits per heavy atom. The number of aliphatic hydroxyl groups excluding tert-OH is 1. The third kappa shape index (κ3) is 4.08. The van der Waals surface area contributed by atoms with Crippen LogP contribution >= 0.6 is 0 Å². The van der Waals surface area contributed by atoms with E-state index in [0.29, 0.717) is 6.42 Å². The largest absolute Gasteiger partial charge is 0.380 e. The molecular weight excluding hydrogens is 220 g/mol. The molecule has 0 amide bonds. The highest BCUT2D eigenvalue weighted by atomic mass is 16.3. The van der Waals surface area contributed by atoms with E-state index in [9.17, 15) is 5.11 Å². The summed E-state index contributed by atoms with van der Waals surface area (Å²) < 4.78 is 0. The summed E-state index contributed by atoms with van der Waals surface area (Å²) in [5.74, 6) is 5.86. The molecule has 0 fully saturated rings. The Labute approximate surface area is 108 Å². The minimum absolute atomic E-state index is 0.564. The molecule has 0 aromatic heterocycles. The fraction of sp³-hybridized carbons (Fsp3) is 0.176. The Balaban J connectivity index is 1.86. The molecule has 0 aliphatic carbocycles. The lowest BCUT2D eigenvalue weighted by molar-refractivity contribution is 0.222. The Hall–Kier alpha value is -2.04. The van der Waals surface area contributed by atoms with Crippen LogP contribution in [0.1, 0.15) is 17.5 Å². The average Bonchev–Trinajstić information content (AvgIpc) is 2.45. The fourth-order valence-electron chi connectivity index (χ4n) is 1.71. The summed E-state index contributed by atoms with van der Waals surface area (Å²) >= 11 is 0. The molecule has 0 saturated heterocycles. The van der Waals surface area contributed by atoms with Crippen LogP contribution in [0.4, 0.5) is 0 Å². The first-order chi connectivity index (χ1) is 8.84. The van der Waals surface area contributed by atoms with E-state index in [1.54, 1.807) is 0 Å². The zero-order valence-electron chi connectivity index (χ0n) is 10.2. The van der Waals surface area contributed by atoms with Crippen molar-refractivity contribution in [1.29, 1.82) is 0 Å². The van der Waals surface area contributed by atoms with Gasteiger partial charge in [-0.15, -0.1) is 0 Å². The molecule has 0 aliphatic rings. The van der Waals surface area contributed by atoms with Crippen molar-refractivity contribution in [3.8, 4) is 11.8 Å². The first kappa shape index (κ1) is 12.4. The van der Waals surface area contributed by atoms with Gasteiger partial charge in [-0.1, -0.05) is 60.4 Å². The zero-order valence-corrected chi connectivity index (χ0v) is 10.2. The van der Waals surface area contributed by atoms with E-state index in [-0.39, 0.29) is 0 Å². The van der Waals surface area contributed by atoms with Crippen LogP contribution < -0.4 is 0 Å². The van der Waals surface area contributed by atoms with Crippen molar-refractivity contribution in [3.05, 3.63) is 71.8 Å². The molecule has 2 aromatic carbocycles. The van der Waals surface area contributed by atoms with Gasteiger partial charge < -0.3 is 5.11 Å². The van der Waals surface area contributed by atoms with E-state index in [0.717, 1.165) is 12.0 Å². The standard InChI is InChI=1S/C17H16O/c18-17(13-11-15-7-3-1-4-8-15)14-12-16-9-5-2-6-10-16/h1-10,17-18H,11,13H2. The minimum atomic E-state index is -0.564. The highest BCUT2D eigenvalue weighted by molar-refractivity contribution is 5.34. The summed E-state index contributed by atoms with van der Waals surface area (Å²) in [4.78, 5) is 0. The predicted octanol–water partition coefficient (Wildman–Crippen LogP) is 3.03. The zero-order chi connectivity index (χ0) is 12.6. The van der Waals surface area contributed by atoms with Crippen LogP contribution in [0.15, 0.2) is 60.7 Å². The lowest BCUT2D eigenvalue weighted by Crippen LogP contribution is -2.04. The van der Waals surface area contributed by atoms with Gasteiger partial charge in [-0.25, -0.2) is 0 Å². The second-order valence-corrected chi connectivity index (χ2v) is 4.18. The van der Waals surface area contributed by atoms with Crippen LogP contribution in [0.5, 0.6) is 0 Å². The van der Waals surface area contributed by atoms with E-state index in [1.807, 2.05) is 48.5 Å². The third-order valence-electron chi connectivity index (χ3n) is 2.71. The van der Waals surface area contributed by atoms with Gasteiger partial charge in [-0.2, -0.15) is 0 Å². The average molecular weight is 236 g/mol. The van der Waals surface area contributed by atoms with Crippen molar-refractivity contribution in [2.45, 2.75) is 18.9 Å². The number of hydrogen-bond donors (Lipinski definition) is 1. The topological polar surface area (TPSA) is 20.2 Å². The highest BCUT2D eigenvalue weighted by Gasteiger charge is 1.99. The molecule has 1 unspecified atom stereocenters. The van der Waals surface area contributed by atoms with Crippen molar-refractivity contribution in [1.82, 2.24) is 0 Å². The van der Waals surface area contributed by atoms with Crippen molar-refractivity contribution >= 4 is 0 Å². The Morgan fingerprint density at radius 2 is 1.50 bits per heavy atom. The number of aryl methyl sites for hydroxylation is 1. The monoisotopic (exact) mass is 236 g/mol. The van der Waals surface area contributed by atoms with Gasteiger partial charge in [-0.3, -0.25) is 0 Å². The Kier molecular flexibility index (Phi) is 4.58. The number of rotatable bonds is 3. The Bertz CT molecular complexity index is 520. The van der Waals surface area contributed by atoms with Crippen molar-refractivity contribution in [2.75, 3.05) is 0 Å². The van der Waals surface area contributed by atoms with Gasteiger partial charge in [0.05, 0.1) is 0 Å². The van der Waals surface area contributed by atoms with Crippen LogP contribution in [-0.2, 0) is 6.42 Å². The van der Waals surface area contributed by atoms with E-state index in [4.69, 9.17) is 0 Å². The molecular formula is C17H16O. The van der Waals surface area contributed by atoms with Crippen LogP contribution in [-0.4, -0.2) is 11.2 Å². The molecule has 0 bridgehead atoms. The summed E-state index contributed by atoms with van der Waals surface area (Å²) in [7, 11) is 0. The minimum Gasteiger partial charge on any atom is -0.380 e. The SMILES string of the molecule is OC(C#Cc1ccccc1)CCc1ccccc1. The smallest absolute Gasteiger partial charge is 0.115 e. The molecule has 1 heteroatoms. The molecule has 0 saturated carbocycles. The van der Waals surface area contributed by atoms with Gasteiger partial charge in [0.1, 0.15) is 6.10 Å². The second kappa shape index (κ2) is 6.64. The van der Waals surface area contributed by atoms with Crippen molar-refractivity contribution in [2.24, 2.45) is 0 Å². The maximum Gasteiger partial charge on any atom is 0.115 e. The molecule has 0 radical (unpaired) electrons. The van der Waals surface area contributed by atoms with Crippen LogP contribution in [0.3, 0.4) is 0 Å². The molecule has 90 valence electrons. The second-order valence-electron chi connectivity index (χ2n) is 4.18. The summed E-state index contributed by atoms with van der Waals surface area (Å²) in [6.45, 7) is 0. The molecule has 0 aliphatic heterocycles. The van der Waals surface area contributed by atoms with E-state index in [1.165, 1.54) is 5.56 Å². The van der Waals surface area contributed by atoms with Crippen LogP contribution in [0.2, 0.25) is 0 Å². The third-order valence-corrected chi connectivity index (χ3v) is 2.71. The summed E-state index contributed by atoms with van der Waals surface area (Å²) in [6, 6.07) is 19.9. The lowest BCUT2D eigenvalue weighted by atomic mass is 10.1. The first-order valence-electron chi connectivity index (χ1n) is 6.13. The highest BCUT2D eigenvalue weighted by Crippen LogP contribution is 2.04. The van der Waals surface area contributed by atoms with Gasteiger partial charge in [0.25, 0.3) is 0 Å². The predicted molar refractivity (Wildman–Crippen MR) is 74.1 cm³/mol. The molecule has 2 rings (SSSR count). The summed E-state index contributed by atoms with van der Waals surface area (Å²) in [5.41, 5.74) is 2.18. The molecule has 1 nitrogen and oxygen atoms in total. The summed E-state index contributed by atoms with van der Waals surface area (Å²) in [5, 5.41) is 9.80. The molecule has 1 N–H and O–H groups in total. The quantitative estimate of drug-likeness (QED) is 0.812. The summed E-state index contributed by atoms with van der Waals surface area (Å²) in [6.07, 6.45) is 0.959. The van der Waals surface area contributed by atoms with Crippen molar-refractivity contribution in [3.63, 3.8) is 0 Å². The number of aliphatic hydroxyl groups is 1. The normalized spacial score (nSPS) is 11.4. The molecule has 0 spiro atoms. The van der Waals surface area contributed by atoms with Crippen LogP contribution in [0, 0.1) is 11.8 Å². The van der Waals surface area contributed by atoms with Gasteiger partial charge in [0.15, 0.2) is 0 Å². The maximum atomic E-state index is 9.80. The van der Waals surface area contributed by atoms with Gasteiger partial charge >= 0.3 is 0 Å². The first-order valence-corrected chi connectivity index (χ1v) is 6.13. The maximum absolute atomic E-state index is 9.80.